The van der Waals surface area contributed by atoms with Crippen molar-refractivity contribution in [3.8, 4) is 0 Å². The fraction of sp³-hybridized carbons (Fsp3) is 0.607. The third-order valence-corrected chi connectivity index (χ3v) is 7.98. The van der Waals surface area contributed by atoms with E-state index in [2.05, 4.69) is 29.9 Å². The molecule has 5 atom stereocenters. The van der Waals surface area contributed by atoms with Crippen molar-refractivity contribution in [3.05, 3.63) is 46.0 Å². The maximum Gasteiger partial charge on any atom is 0.223 e. The zero-order valence-corrected chi connectivity index (χ0v) is 22.8. The molecule has 0 aliphatic carbocycles. The number of hydrogen-bond donors (Lipinski definition) is 3. The number of ketones is 1. The molecule has 1 aliphatic rings. The summed E-state index contributed by atoms with van der Waals surface area (Å²) in [7, 11) is 0. The topological polar surface area (TPSA) is 99.5 Å². The van der Waals surface area contributed by atoms with E-state index in [-0.39, 0.29) is 30.1 Å². The van der Waals surface area contributed by atoms with E-state index in [1.165, 1.54) is 11.6 Å². The van der Waals surface area contributed by atoms with E-state index in [0.29, 0.717) is 6.42 Å². The Labute approximate surface area is 214 Å². The lowest BCUT2D eigenvalue weighted by Crippen LogP contribution is -2.47. The fourth-order valence-corrected chi connectivity index (χ4v) is 5.04. The number of aliphatic hydroxyl groups is 2. The maximum absolute atomic E-state index is 13.3. The number of amides is 1. The number of nitrogens with one attached hydrogen (secondary N) is 1. The van der Waals surface area contributed by atoms with Gasteiger partial charge >= 0.3 is 0 Å². The lowest BCUT2D eigenvalue weighted by atomic mass is 9.72. The lowest BCUT2D eigenvalue weighted by Gasteiger charge is -2.35. The molecule has 0 fully saturated rings. The van der Waals surface area contributed by atoms with E-state index in [4.69, 9.17) is 0 Å². The van der Waals surface area contributed by atoms with Crippen molar-refractivity contribution in [2.45, 2.75) is 91.9 Å². The minimum atomic E-state index is -1.22. The van der Waals surface area contributed by atoms with Gasteiger partial charge in [-0.3, -0.25) is 9.59 Å². The molecule has 1 aromatic heterocycles. The highest BCUT2D eigenvalue weighted by molar-refractivity contribution is 7.09. The maximum atomic E-state index is 13.3. The van der Waals surface area contributed by atoms with E-state index in [1.54, 1.807) is 25.2 Å². The molecule has 6 nitrogen and oxygen atoms in total. The van der Waals surface area contributed by atoms with Crippen LogP contribution in [0.2, 0.25) is 0 Å². The van der Waals surface area contributed by atoms with Crippen LogP contribution in [0.1, 0.15) is 77.4 Å². The van der Waals surface area contributed by atoms with Crippen molar-refractivity contribution in [2.75, 3.05) is 0 Å². The SMILES string of the molecule is C=CC1C(=O)C(C)(C)[C@@H](O)CC(=O)NC(/C(C)=C/c2csc(C)n2)C/C=C(/C)CCCC(C)[C@@H]1O. The van der Waals surface area contributed by atoms with E-state index in [9.17, 15) is 19.8 Å². The van der Waals surface area contributed by atoms with E-state index >= 15 is 0 Å². The number of aryl methyl sites for hydroxylation is 1. The van der Waals surface area contributed by atoms with Crippen molar-refractivity contribution in [2.24, 2.45) is 17.3 Å². The number of rotatable bonds is 3. The average Bonchev–Trinajstić information content (AvgIpc) is 3.20. The van der Waals surface area contributed by atoms with Gasteiger partial charge in [0.25, 0.3) is 0 Å². The molecular weight excluding hydrogens is 460 g/mol. The predicted octanol–water partition coefficient (Wildman–Crippen LogP) is 5.01. The smallest absolute Gasteiger partial charge is 0.223 e. The van der Waals surface area contributed by atoms with Crippen LogP contribution >= 0.6 is 11.3 Å². The van der Waals surface area contributed by atoms with Crippen molar-refractivity contribution in [3.63, 3.8) is 0 Å². The van der Waals surface area contributed by atoms with Crippen molar-refractivity contribution < 1.29 is 19.8 Å². The molecule has 0 saturated heterocycles. The Morgan fingerprint density at radius 2 is 1.97 bits per heavy atom. The largest absolute Gasteiger partial charge is 0.392 e. The summed E-state index contributed by atoms with van der Waals surface area (Å²) < 4.78 is 0. The van der Waals surface area contributed by atoms with Crippen molar-refractivity contribution in [1.82, 2.24) is 10.3 Å². The Kier molecular flexibility index (Phi) is 10.6. The number of allylic oxidation sites excluding steroid dienone is 1. The number of thiazole rings is 1. The van der Waals surface area contributed by atoms with Gasteiger partial charge in [0, 0.05) is 5.38 Å². The van der Waals surface area contributed by atoms with E-state index < -0.39 is 23.5 Å². The van der Waals surface area contributed by atoms with E-state index in [0.717, 1.165) is 35.5 Å². The normalized spacial score (nSPS) is 31.4. The zero-order valence-electron chi connectivity index (χ0n) is 22.0. The highest BCUT2D eigenvalue weighted by Gasteiger charge is 2.42. The second kappa shape index (κ2) is 12.7. The summed E-state index contributed by atoms with van der Waals surface area (Å²) in [6, 6.07) is -0.250. The molecule has 1 aliphatic heterocycles. The summed E-state index contributed by atoms with van der Waals surface area (Å²) in [5, 5.41) is 27.8. The third kappa shape index (κ3) is 7.95. The van der Waals surface area contributed by atoms with Crippen LogP contribution < -0.4 is 5.32 Å². The first-order valence-electron chi connectivity index (χ1n) is 12.4. The summed E-state index contributed by atoms with van der Waals surface area (Å²) in [5.74, 6) is -1.53. The molecular formula is C28H42N2O4S. The monoisotopic (exact) mass is 502 g/mol. The van der Waals surface area contributed by atoms with Crippen LogP contribution in [0.15, 0.2) is 35.3 Å². The molecule has 2 rings (SSSR count). The molecule has 2 heterocycles. The quantitative estimate of drug-likeness (QED) is 0.505. The first kappa shape index (κ1) is 29.1. The van der Waals surface area contributed by atoms with Crippen LogP contribution in [0.25, 0.3) is 6.08 Å². The average molecular weight is 503 g/mol. The van der Waals surface area contributed by atoms with Crippen LogP contribution in [0.4, 0.5) is 0 Å². The number of aromatic nitrogens is 1. The van der Waals surface area contributed by atoms with Crippen LogP contribution in [0.5, 0.6) is 0 Å². The zero-order chi connectivity index (χ0) is 26.3. The number of carbonyl (C=O) groups excluding carboxylic acids is 2. The van der Waals surface area contributed by atoms with Gasteiger partial charge in [0.05, 0.1) is 46.7 Å². The molecule has 0 spiro atoms. The molecule has 1 aromatic rings. The van der Waals surface area contributed by atoms with Crippen molar-refractivity contribution in [1.29, 1.82) is 0 Å². The summed E-state index contributed by atoms with van der Waals surface area (Å²) in [4.78, 5) is 30.8. The predicted molar refractivity (Wildman–Crippen MR) is 143 cm³/mol. The summed E-state index contributed by atoms with van der Waals surface area (Å²) in [6.07, 6.45) is 6.47. The number of carbonyl (C=O) groups is 2. The Bertz CT molecular complexity index is 962. The molecule has 0 saturated carbocycles. The van der Waals surface area contributed by atoms with Gasteiger partial charge in [0.1, 0.15) is 5.78 Å². The number of nitrogens with zero attached hydrogens (tertiary/aromatic N) is 1. The summed E-state index contributed by atoms with van der Waals surface area (Å²) in [6.45, 7) is 15.0. The highest BCUT2D eigenvalue weighted by atomic mass is 32.1. The van der Waals surface area contributed by atoms with Crippen molar-refractivity contribution >= 4 is 29.1 Å². The molecule has 0 bridgehead atoms. The van der Waals surface area contributed by atoms with Crippen LogP contribution in [-0.2, 0) is 9.59 Å². The van der Waals surface area contributed by atoms with Gasteiger partial charge in [-0.2, -0.15) is 0 Å². The second-order valence-electron chi connectivity index (χ2n) is 10.5. The Hall–Kier alpha value is -2.09. The summed E-state index contributed by atoms with van der Waals surface area (Å²) >= 11 is 1.58. The first-order valence-corrected chi connectivity index (χ1v) is 13.3. The first-order chi connectivity index (χ1) is 16.4. The molecule has 3 unspecified atom stereocenters. The molecule has 194 valence electrons. The molecule has 7 heteroatoms. The summed E-state index contributed by atoms with van der Waals surface area (Å²) in [5.41, 5.74) is 1.83. The van der Waals surface area contributed by atoms with E-state index in [1.807, 2.05) is 32.2 Å². The van der Waals surface area contributed by atoms with Gasteiger partial charge in [-0.25, -0.2) is 4.98 Å². The molecule has 0 radical (unpaired) electrons. The standard InChI is InChI=1S/C28H42N2O4S/c1-8-22-26(33)18(3)11-9-10-17(2)12-13-23(19(4)14-21-16-35-20(5)29-21)30-25(32)15-24(31)28(6,7)27(22)34/h8,12,14,16,18,22-24,26,31,33H,1,9-11,13,15H2,2-7H3,(H,30,32)/b17-12-,19-14+/t18?,22?,23?,24-,26-/m0/s1. The Morgan fingerprint density at radius 3 is 2.57 bits per heavy atom. The lowest BCUT2D eigenvalue weighted by molar-refractivity contribution is -0.141. The highest BCUT2D eigenvalue weighted by Crippen LogP contribution is 2.32. The van der Waals surface area contributed by atoms with Gasteiger partial charge in [0.15, 0.2) is 0 Å². The second-order valence-corrected chi connectivity index (χ2v) is 11.6. The minimum absolute atomic E-state index is 0.0987. The van der Waals surface area contributed by atoms with Crippen LogP contribution in [0, 0.1) is 24.2 Å². The van der Waals surface area contributed by atoms with Crippen LogP contribution in [0.3, 0.4) is 0 Å². The molecule has 1 amide bonds. The van der Waals surface area contributed by atoms with Gasteiger partial charge in [-0.15, -0.1) is 17.9 Å². The van der Waals surface area contributed by atoms with Gasteiger partial charge in [-0.05, 0) is 64.0 Å². The number of aliphatic hydroxyl groups excluding tert-OH is 2. The number of hydrogen-bond acceptors (Lipinski definition) is 6. The number of Topliss-reactive ketones (excluding diaryl/α,β-unsaturated/α-hetero) is 1. The van der Waals surface area contributed by atoms with Gasteiger partial charge in [0.2, 0.25) is 5.91 Å². The van der Waals surface area contributed by atoms with Gasteiger partial charge < -0.3 is 15.5 Å². The third-order valence-electron chi connectivity index (χ3n) is 7.18. The minimum Gasteiger partial charge on any atom is -0.392 e. The van der Waals surface area contributed by atoms with Gasteiger partial charge in [-0.1, -0.05) is 38.5 Å². The fourth-order valence-electron chi connectivity index (χ4n) is 4.47. The Morgan fingerprint density at radius 1 is 1.29 bits per heavy atom. The Balaban J connectivity index is 2.36. The molecule has 0 aromatic carbocycles. The molecule has 3 N–H and O–H groups in total. The van der Waals surface area contributed by atoms with Crippen LogP contribution in [-0.4, -0.2) is 45.1 Å². The molecule has 35 heavy (non-hydrogen) atoms.